The Morgan fingerprint density at radius 3 is 2.67 bits per heavy atom. The fourth-order valence-electron chi connectivity index (χ4n) is 1.86. The predicted octanol–water partition coefficient (Wildman–Crippen LogP) is 3.35. The van der Waals surface area contributed by atoms with Crippen molar-refractivity contribution in [3.05, 3.63) is 33.8 Å². The molecule has 2 rings (SSSR count). The van der Waals surface area contributed by atoms with Gasteiger partial charge in [0.2, 0.25) is 0 Å². The molecule has 6 heteroatoms. The van der Waals surface area contributed by atoms with Gasteiger partial charge in [-0.2, -0.15) is 11.8 Å². The van der Waals surface area contributed by atoms with Gasteiger partial charge in [-0.15, -0.1) is 0 Å². The number of nitrogens with one attached hydrogen (secondary N) is 1. The van der Waals surface area contributed by atoms with Crippen LogP contribution in [0.15, 0.2) is 16.6 Å². The zero-order chi connectivity index (χ0) is 13.1. The normalized spacial score (nSPS) is 18.9. The first-order chi connectivity index (χ1) is 8.58. The summed E-state index contributed by atoms with van der Waals surface area (Å²) >= 11 is 4.75. The van der Waals surface area contributed by atoms with Crippen molar-refractivity contribution in [2.75, 3.05) is 12.3 Å². The van der Waals surface area contributed by atoms with Gasteiger partial charge in [0, 0.05) is 16.3 Å². The average molecular weight is 336 g/mol. The Kier molecular flexibility index (Phi) is 4.61. The highest BCUT2D eigenvalue weighted by atomic mass is 79.9. The number of benzene rings is 1. The molecule has 0 saturated carbocycles. The van der Waals surface area contributed by atoms with Crippen molar-refractivity contribution in [3.8, 4) is 0 Å². The SMILES string of the molecule is O=C(NCC1CCCS1)c1c(F)cc(Br)cc1F. The molecule has 1 aliphatic heterocycles. The average Bonchev–Trinajstić information content (AvgIpc) is 2.77. The molecule has 1 aliphatic rings. The molecule has 0 spiro atoms. The largest absolute Gasteiger partial charge is 0.351 e. The standard InChI is InChI=1S/C12H12BrF2NOS/c13-7-4-9(14)11(10(15)5-7)12(17)16-6-8-2-1-3-18-8/h4-5,8H,1-3,6H2,(H,16,17). The van der Waals surface area contributed by atoms with E-state index in [4.69, 9.17) is 0 Å². The lowest BCUT2D eigenvalue weighted by Crippen LogP contribution is -2.31. The lowest BCUT2D eigenvalue weighted by Gasteiger charge is -2.11. The van der Waals surface area contributed by atoms with E-state index >= 15 is 0 Å². The topological polar surface area (TPSA) is 29.1 Å². The van der Waals surface area contributed by atoms with E-state index in [1.807, 2.05) is 0 Å². The van der Waals surface area contributed by atoms with Crippen LogP contribution < -0.4 is 5.32 Å². The van der Waals surface area contributed by atoms with E-state index in [9.17, 15) is 13.6 Å². The Morgan fingerprint density at radius 2 is 2.11 bits per heavy atom. The zero-order valence-electron chi connectivity index (χ0n) is 9.51. The van der Waals surface area contributed by atoms with E-state index in [0.717, 1.165) is 30.7 Å². The number of carbonyl (C=O) groups excluding carboxylic acids is 1. The summed E-state index contributed by atoms with van der Waals surface area (Å²) in [5, 5.41) is 2.94. The molecule has 1 N–H and O–H groups in total. The van der Waals surface area contributed by atoms with Gasteiger partial charge in [-0.3, -0.25) is 4.79 Å². The van der Waals surface area contributed by atoms with Gasteiger partial charge in [-0.05, 0) is 30.7 Å². The van der Waals surface area contributed by atoms with Gasteiger partial charge < -0.3 is 5.32 Å². The Morgan fingerprint density at radius 1 is 1.44 bits per heavy atom. The van der Waals surface area contributed by atoms with Crippen LogP contribution in [-0.2, 0) is 0 Å². The first-order valence-corrected chi connectivity index (χ1v) is 7.46. The van der Waals surface area contributed by atoms with Gasteiger partial charge in [0.1, 0.15) is 17.2 Å². The van der Waals surface area contributed by atoms with Crippen LogP contribution in [0.2, 0.25) is 0 Å². The molecule has 2 nitrogen and oxygen atoms in total. The van der Waals surface area contributed by atoms with Crippen LogP contribution in [0, 0.1) is 11.6 Å². The fourth-order valence-corrected chi connectivity index (χ4v) is 3.46. The Hall–Kier alpha value is -0.620. The quantitative estimate of drug-likeness (QED) is 0.917. The van der Waals surface area contributed by atoms with Gasteiger partial charge in [-0.25, -0.2) is 8.78 Å². The third-order valence-corrected chi connectivity index (χ3v) is 4.60. The van der Waals surface area contributed by atoms with Crippen molar-refractivity contribution < 1.29 is 13.6 Å². The maximum absolute atomic E-state index is 13.5. The molecule has 1 heterocycles. The van der Waals surface area contributed by atoms with Gasteiger partial charge in [0.15, 0.2) is 0 Å². The highest BCUT2D eigenvalue weighted by Gasteiger charge is 2.21. The van der Waals surface area contributed by atoms with E-state index in [1.54, 1.807) is 11.8 Å². The number of amides is 1. The smallest absolute Gasteiger partial charge is 0.257 e. The zero-order valence-corrected chi connectivity index (χ0v) is 11.9. The summed E-state index contributed by atoms with van der Waals surface area (Å²) < 4.78 is 27.3. The summed E-state index contributed by atoms with van der Waals surface area (Å²) in [6.07, 6.45) is 2.17. The Labute approximate surface area is 117 Å². The summed E-state index contributed by atoms with van der Waals surface area (Å²) in [4.78, 5) is 11.7. The molecule has 1 saturated heterocycles. The molecule has 1 fully saturated rings. The summed E-state index contributed by atoms with van der Waals surface area (Å²) in [5.74, 6) is -1.30. The molecule has 98 valence electrons. The number of carbonyl (C=O) groups is 1. The molecule has 1 unspecified atom stereocenters. The van der Waals surface area contributed by atoms with Crippen LogP contribution >= 0.6 is 27.7 Å². The number of rotatable bonds is 3. The van der Waals surface area contributed by atoms with E-state index < -0.39 is 23.1 Å². The Bertz CT molecular complexity index is 440. The first-order valence-electron chi connectivity index (χ1n) is 5.62. The van der Waals surface area contributed by atoms with Gasteiger partial charge in [0.25, 0.3) is 5.91 Å². The fraction of sp³-hybridized carbons (Fsp3) is 0.417. The van der Waals surface area contributed by atoms with Crippen molar-refractivity contribution in [2.45, 2.75) is 18.1 Å². The van der Waals surface area contributed by atoms with Crippen LogP contribution in [0.25, 0.3) is 0 Å². The molecular formula is C12H12BrF2NOS. The van der Waals surface area contributed by atoms with Crippen LogP contribution in [0.5, 0.6) is 0 Å². The lowest BCUT2D eigenvalue weighted by atomic mass is 10.1. The van der Waals surface area contributed by atoms with Gasteiger partial charge in [-0.1, -0.05) is 15.9 Å². The van der Waals surface area contributed by atoms with E-state index in [2.05, 4.69) is 21.2 Å². The van der Waals surface area contributed by atoms with E-state index in [0.29, 0.717) is 11.8 Å². The predicted molar refractivity (Wildman–Crippen MR) is 71.9 cm³/mol. The van der Waals surface area contributed by atoms with Crippen molar-refractivity contribution in [3.63, 3.8) is 0 Å². The number of thioether (sulfide) groups is 1. The molecule has 0 bridgehead atoms. The first kappa shape index (κ1) is 13.8. The summed E-state index contributed by atoms with van der Waals surface area (Å²) in [6.45, 7) is 0.457. The molecule has 1 aromatic rings. The minimum absolute atomic E-state index is 0.278. The summed E-state index contributed by atoms with van der Waals surface area (Å²) in [7, 11) is 0. The molecule has 0 aromatic heterocycles. The van der Waals surface area contributed by atoms with Gasteiger partial charge >= 0.3 is 0 Å². The molecular weight excluding hydrogens is 324 g/mol. The molecule has 1 atom stereocenters. The second-order valence-electron chi connectivity index (χ2n) is 4.09. The highest BCUT2D eigenvalue weighted by Crippen LogP contribution is 2.25. The number of halogens is 3. The second-order valence-corrected chi connectivity index (χ2v) is 6.41. The minimum atomic E-state index is -0.849. The van der Waals surface area contributed by atoms with Crippen molar-refractivity contribution >= 4 is 33.6 Å². The third-order valence-electron chi connectivity index (χ3n) is 2.75. The number of hydrogen-bond acceptors (Lipinski definition) is 2. The third kappa shape index (κ3) is 3.23. The molecule has 1 aromatic carbocycles. The Balaban J connectivity index is 2.04. The molecule has 18 heavy (non-hydrogen) atoms. The van der Waals surface area contributed by atoms with Crippen LogP contribution in [-0.4, -0.2) is 23.5 Å². The van der Waals surface area contributed by atoms with Crippen molar-refractivity contribution in [1.29, 1.82) is 0 Å². The molecule has 1 amide bonds. The maximum atomic E-state index is 13.5. The maximum Gasteiger partial charge on any atom is 0.257 e. The summed E-state index contributed by atoms with van der Waals surface area (Å²) in [5.41, 5.74) is -0.513. The monoisotopic (exact) mass is 335 g/mol. The molecule has 0 aliphatic carbocycles. The lowest BCUT2D eigenvalue weighted by molar-refractivity contribution is 0.0945. The van der Waals surface area contributed by atoms with Crippen molar-refractivity contribution in [2.24, 2.45) is 0 Å². The minimum Gasteiger partial charge on any atom is -0.351 e. The highest BCUT2D eigenvalue weighted by molar-refractivity contribution is 9.10. The van der Waals surface area contributed by atoms with Gasteiger partial charge in [0.05, 0.1) is 0 Å². The van der Waals surface area contributed by atoms with Crippen LogP contribution in [0.1, 0.15) is 23.2 Å². The van der Waals surface area contributed by atoms with E-state index in [1.165, 1.54) is 0 Å². The van der Waals surface area contributed by atoms with Crippen molar-refractivity contribution in [1.82, 2.24) is 5.32 Å². The molecule has 0 radical (unpaired) electrons. The van der Waals surface area contributed by atoms with Crippen LogP contribution in [0.3, 0.4) is 0 Å². The van der Waals surface area contributed by atoms with Crippen LogP contribution in [0.4, 0.5) is 8.78 Å². The van der Waals surface area contributed by atoms with E-state index in [-0.39, 0.29) is 4.47 Å². The second kappa shape index (κ2) is 6.02. The number of hydrogen-bond donors (Lipinski definition) is 1. The summed E-state index contributed by atoms with van der Waals surface area (Å²) in [6, 6.07) is 2.17.